The molecule has 2 aromatic rings. The second-order valence-corrected chi connectivity index (χ2v) is 4.17. The van der Waals surface area contributed by atoms with Crippen molar-refractivity contribution in [1.29, 1.82) is 0 Å². The first-order valence-electron chi connectivity index (χ1n) is 4.77. The third kappa shape index (κ3) is 1.42. The lowest BCUT2D eigenvalue weighted by Crippen LogP contribution is -2.09. The summed E-state index contributed by atoms with van der Waals surface area (Å²) in [7, 11) is 0. The van der Waals surface area contributed by atoms with Gasteiger partial charge in [-0.3, -0.25) is 0 Å². The van der Waals surface area contributed by atoms with Crippen LogP contribution >= 0.6 is 11.3 Å². The standard InChI is InChI=1S/C11H8N4S/c12-9-7-3-1-2-4-8(7)10(14-9)15-11-13-5-6-16-11/h1-6H,(H2,12,13,14,15). The summed E-state index contributed by atoms with van der Waals surface area (Å²) in [6.07, 6.45) is 1.72. The summed E-state index contributed by atoms with van der Waals surface area (Å²) in [5, 5.41) is 2.58. The van der Waals surface area contributed by atoms with E-state index in [1.54, 1.807) is 6.20 Å². The molecule has 4 nitrogen and oxygen atoms in total. The molecule has 0 amide bonds. The number of nitrogens with zero attached hydrogens (tertiary/aromatic N) is 3. The molecule has 0 unspecified atom stereocenters. The number of benzene rings is 1. The molecule has 0 radical (unpaired) electrons. The van der Waals surface area contributed by atoms with Gasteiger partial charge in [-0.25, -0.2) is 9.98 Å². The van der Waals surface area contributed by atoms with Gasteiger partial charge in [0.05, 0.1) is 0 Å². The largest absolute Gasteiger partial charge is 0.383 e. The predicted molar refractivity (Wildman–Crippen MR) is 65.5 cm³/mol. The minimum atomic E-state index is 0.519. The minimum Gasteiger partial charge on any atom is -0.383 e. The van der Waals surface area contributed by atoms with Gasteiger partial charge in [-0.15, -0.1) is 11.3 Å². The van der Waals surface area contributed by atoms with Crippen molar-refractivity contribution in [2.45, 2.75) is 0 Å². The molecule has 5 heteroatoms. The van der Waals surface area contributed by atoms with Crippen LogP contribution in [0.3, 0.4) is 0 Å². The molecule has 0 aliphatic carbocycles. The summed E-state index contributed by atoms with van der Waals surface area (Å²) in [5.41, 5.74) is 7.73. The van der Waals surface area contributed by atoms with Crippen LogP contribution in [0.1, 0.15) is 11.1 Å². The van der Waals surface area contributed by atoms with E-state index in [0.717, 1.165) is 11.1 Å². The molecule has 0 bridgehead atoms. The molecular weight excluding hydrogens is 220 g/mol. The van der Waals surface area contributed by atoms with Crippen molar-refractivity contribution in [2.75, 3.05) is 0 Å². The maximum absolute atomic E-state index is 5.82. The van der Waals surface area contributed by atoms with E-state index in [9.17, 15) is 0 Å². The summed E-state index contributed by atoms with van der Waals surface area (Å²) in [6, 6.07) is 7.79. The van der Waals surface area contributed by atoms with Crippen molar-refractivity contribution >= 4 is 28.1 Å². The van der Waals surface area contributed by atoms with E-state index in [2.05, 4.69) is 15.0 Å². The average molecular weight is 228 g/mol. The van der Waals surface area contributed by atoms with Crippen molar-refractivity contribution in [3.8, 4) is 0 Å². The number of hydrogen-bond acceptors (Lipinski definition) is 4. The Morgan fingerprint density at radius 3 is 2.75 bits per heavy atom. The van der Waals surface area contributed by atoms with Crippen LogP contribution < -0.4 is 5.73 Å². The highest BCUT2D eigenvalue weighted by molar-refractivity contribution is 7.13. The van der Waals surface area contributed by atoms with Gasteiger partial charge >= 0.3 is 0 Å². The molecule has 2 heterocycles. The van der Waals surface area contributed by atoms with E-state index in [1.165, 1.54) is 11.3 Å². The highest BCUT2D eigenvalue weighted by Gasteiger charge is 2.18. The topological polar surface area (TPSA) is 63.6 Å². The third-order valence-electron chi connectivity index (χ3n) is 2.29. The summed E-state index contributed by atoms with van der Waals surface area (Å²) >= 11 is 1.48. The first-order chi connectivity index (χ1) is 7.84. The van der Waals surface area contributed by atoms with Crippen LogP contribution in [0.4, 0.5) is 5.13 Å². The fraction of sp³-hybridized carbons (Fsp3) is 0. The highest BCUT2D eigenvalue weighted by atomic mass is 32.1. The number of amidine groups is 2. The first kappa shape index (κ1) is 9.23. The van der Waals surface area contributed by atoms with Gasteiger partial charge in [0.2, 0.25) is 5.13 Å². The Morgan fingerprint density at radius 1 is 1.19 bits per heavy atom. The van der Waals surface area contributed by atoms with Crippen LogP contribution in [0.15, 0.2) is 45.8 Å². The second kappa shape index (κ2) is 3.53. The van der Waals surface area contributed by atoms with Gasteiger partial charge in [0, 0.05) is 22.7 Å². The number of thiazole rings is 1. The molecular formula is C11H8N4S. The van der Waals surface area contributed by atoms with E-state index in [4.69, 9.17) is 5.73 Å². The van der Waals surface area contributed by atoms with Crippen molar-refractivity contribution in [3.63, 3.8) is 0 Å². The molecule has 1 aliphatic rings. The summed E-state index contributed by atoms with van der Waals surface area (Å²) in [6.45, 7) is 0. The molecule has 2 N–H and O–H groups in total. The predicted octanol–water partition coefficient (Wildman–Crippen LogP) is 1.94. The maximum atomic E-state index is 5.82. The molecule has 16 heavy (non-hydrogen) atoms. The zero-order chi connectivity index (χ0) is 11.0. The van der Waals surface area contributed by atoms with Crippen LogP contribution in [0, 0.1) is 0 Å². The molecule has 0 fully saturated rings. The Morgan fingerprint density at radius 2 is 2.00 bits per heavy atom. The average Bonchev–Trinajstić information content (AvgIpc) is 2.90. The fourth-order valence-electron chi connectivity index (χ4n) is 1.58. The van der Waals surface area contributed by atoms with Crippen molar-refractivity contribution in [3.05, 3.63) is 47.0 Å². The molecule has 78 valence electrons. The third-order valence-corrected chi connectivity index (χ3v) is 2.96. The molecule has 0 spiro atoms. The Balaban J connectivity index is 2.13. The quantitative estimate of drug-likeness (QED) is 0.810. The number of hydrogen-bond donors (Lipinski definition) is 1. The smallest absolute Gasteiger partial charge is 0.211 e. The van der Waals surface area contributed by atoms with E-state index >= 15 is 0 Å². The molecule has 0 saturated carbocycles. The van der Waals surface area contributed by atoms with Gasteiger partial charge in [-0.1, -0.05) is 24.3 Å². The van der Waals surface area contributed by atoms with Gasteiger partial charge in [0.25, 0.3) is 0 Å². The number of nitrogens with two attached hydrogens (primary N) is 1. The van der Waals surface area contributed by atoms with Crippen LogP contribution in [-0.4, -0.2) is 16.7 Å². The monoisotopic (exact) mass is 228 g/mol. The van der Waals surface area contributed by atoms with Crippen LogP contribution in [0.5, 0.6) is 0 Å². The molecule has 1 aromatic heterocycles. The SMILES string of the molecule is NC1=NC(=Nc2nccs2)c2ccccc21. The number of fused-ring (bicyclic) bond motifs is 1. The fourth-order valence-corrected chi connectivity index (χ4v) is 2.09. The van der Waals surface area contributed by atoms with Gasteiger partial charge in [-0.05, 0) is 0 Å². The molecule has 1 aromatic carbocycles. The number of aromatic nitrogens is 1. The maximum Gasteiger partial charge on any atom is 0.211 e. The van der Waals surface area contributed by atoms with Crippen molar-refractivity contribution < 1.29 is 0 Å². The highest BCUT2D eigenvalue weighted by Crippen LogP contribution is 2.22. The van der Waals surface area contributed by atoms with Crippen molar-refractivity contribution in [2.24, 2.45) is 15.7 Å². The lowest BCUT2D eigenvalue weighted by atomic mass is 10.1. The lowest BCUT2D eigenvalue weighted by Gasteiger charge is -1.96. The van der Waals surface area contributed by atoms with Crippen LogP contribution in [-0.2, 0) is 0 Å². The Kier molecular flexibility index (Phi) is 2.04. The van der Waals surface area contributed by atoms with Gasteiger partial charge < -0.3 is 5.73 Å². The van der Waals surface area contributed by atoms with Gasteiger partial charge in [-0.2, -0.15) is 4.99 Å². The summed E-state index contributed by atoms with van der Waals surface area (Å²) in [5.74, 6) is 1.16. The number of aliphatic imine (C=N–C) groups is 2. The molecule has 0 atom stereocenters. The van der Waals surface area contributed by atoms with Crippen LogP contribution in [0.25, 0.3) is 0 Å². The lowest BCUT2D eigenvalue weighted by molar-refractivity contribution is 1.35. The Labute approximate surface area is 96.2 Å². The van der Waals surface area contributed by atoms with E-state index in [1.807, 2.05) is 29.6 Å². The zero-order valence-corrected chi connectivity index (χ0v) is 9.11. The first-order valence-corrected chi connectivity index (χ1v) is 5.65. The normalized spacial score (nSPS) is 16.2. The van der Waals surface area contributed by atoms with Gasteiger partial charge in [0.1, 0.15) is 5.84 Å². The summed E-state index contributed by atoms with van der Waals surface area (Å²) in [4.78, 5) is 12.7. The molecule has 1 aliphatic heterocycles. The number of rotatable bonds is 1. The Bertz CT molecular complexity index is 584. The van der Waals surface area contributed by atoms with Gasteiger partial charge in [0.15, 0.2) is 5.84 Å². The molecule has 0 saturated heterocycles. The zero-order valence-electron chi connectivity index (χ0n) is 8.29. The van der Waals surface area contributed by atoms with Crippen LogP contribution in [0.2, 0.25) is 0 Å². The minimum absolute atomic E-state index is 0.519. The summed E-state index contributed by atoms with van der Waals surface area (Å²) < 4.78 is 0. The van der Waals surface area contributed by atoms with E-state index in [0.29, 0.717) is 16.8 Å². The molecule has 3 rings (SSSR count). The van der Waals surface area contributed by atoms with E-state index < -0.39 is 0 Å². The van der Waals surface area contributed by atoms with Crippen molar-refractivity contribution in [1.82, 2.24) is 4.98 Å². The second-order valence-electron chi connectivity index (χ2n) is 3.29. The van der Waals surface area contributed by atoms with E-state index in [-0.39, 0.29) is 0 Å². The Hall–Kier alpha value is -2.01.